The van der Waals surface area contributed by atoms with E-state index in [1.807, 2.05) is 0 Å². The number of aromatic nitrogens is 4. The van der Waals surface area contributed by atoms with Crippen molar-refractivity contribution in [3.05, 3.63) is 44.0 Å². The molecule has 0 aliphatic rings. The van der Waals surface area contributed by atoms with Crippen molar-refractivity contribution in [1.29, 1.82) is 0 Å². The number of esters is 1. The highest BCUT2D eigenvalue weighted by Crippen LogP contribution is 2.17. The first kappa shape index (κ1) is 19.7. The fraction of sp³-hybridized carbons (Fsp3) is 0.417. The summed E-state index contributed by atoms with van der Waals surface area (Å²) in [7, 11) is 2.98. The SMILES string of the molecule is CCOC(=O)c1c([N+](=O)[O-])cnn1C.Cn1ncc([N+](=O)[O-])c1CO. The Morgan fingerprint density at radius 3 is 2.12 bits per heavy atom. The number of aliphatic hydroxyl groups is 1. The molecule has 136 valence electrons. The lowest BCUT2D eigenvalue weighted by Gasteiger charge is -2.00. The average molecular weight is 356 g/mol. The molecule has 0 spiro atoms. The van der Waals surface area contributed by atoms with E-state index in [1.165, 1.54) is 11.7 Å². The van der Waals surface area contributed by atoms with Crippen LogP contribution in [0.2, 0.25) is 0 Å². The summed E-state index contributed by atoms with van der Waals surface area (Å²) in [4.78, 5) is 30.7. The van der Waals surface area contributed by atoms with Gasteiger partial charge < -0.3 is 9.84 Å². The van der Waals surface area contributed by atoms with Crippen LogP contribution < -0.4 is 0 Å². The minimum Gasteiger partial charge on any atom is -0.461 e. The van der Waals surface area contributed by atoms with Gasteiger partial charge in [0.05, 0.1) is 23.1 Å². The molecule has 0 aromatic carbocycles. The molecule has 13 heteroatoms. The standard InChI is InChI=1S/C7H9N3O4.C5H7N3O3/c1-3-14-7(11)6-5(10(12)13)4-8-9(6)2;1-7-5(3-9)4(2-6-7)8(10)11/h4H,3H2,1-2H3;2,9H,3H2,1H3. The number of nitrogens with zero attached hydrogens (tertiary/aromatic N) is 6. The number of carbonyl (C=O) groups excluding carboxylic acids is 1. The summed E-state index contributed by atoms with van der Waals surface area (Å²) in [5.74, 6) is -0.737. The maximum absolute atomic E-state index is 11.3. The lowest BCUT2D eigenvalue weighted by molar-refractivity contribution is -0.386. The molecule has 2 aromatic rings. The fourth-order valence-corrected chi connectivity index (χ4v) is 1.78. The Labute approximate surface area is 140 Å². The van der Waals surface area contributed by atoms with Crippen LogP contribution in [-0.2, 0) is 25.4 Å². The van der Waals surface area contributed by atoms with Crippen LogP contribution in [0.4, 0.5) is 11.4 Å². The van der Waals surface area contributed by atoms with Crippen molar-refractivity contribution < 1.29 is 24.5 Å². The number of hydrogen-bond donors (Lipinski definition) is 1. The van der Waals surface area contributed by atoms with Crippen molar-refractivity contribution in [2.24, 2.45) is 14.1 Å². The van der Waals surface area contributed by atoms with Crippen molar-refractivity contribution >= 4 is 17.3 Å². The van der Waals surface area contributed by atoms with Gasteiger partial charge in [-0.15, -0.1) is 0 Å². The largest absolute Gasteiger partial charge is 0.461 e. The molecule has 2 heterocycles. The van der Waals surface area contributed by atoms with Crippen LogP contribution in [0.1, 0.15) is 23.1 Å². The number of rotatable bonds is 5. The lowest BCUT2D eigenvalue weighted by Crippen LogP contribution is -2.12. The van der Waals surface area contributed by atoms with E-state index < -0.39 is 15.8 Å². The normalized spacial score (nSPS) is 9.92. The van der Waals surface area contributed by atoms with Gasteiger partial charge in [-0.25, -0.2) is 4.79 Å². The van der Waals surface area contributed by atoms with Crippen LogP contribution in [-0.4, -0.2) is 47.1 Å². The molecule has 0 unspecified atom stereocenters. The molecule has 2 rings (SSSR count). The minimum atomic E-state index is -0.737. The summed E-state index contributed by atoms with van der Waals surface area (Å²) in [6.45, 7) is 1.42. The van der Waals surface area contributed by atoms with Gasteiger partial charge >= 0.3 is 17.3 Å². The first-order chi connectivity index (χ1) is 11.7. The highest BCUT2D eigenvalue weighted by Gasteiger charge is 2.26. The number of nitro groups is 2. The van der Waals surface area contributed by atoms with Crippen LogP contribution >= 0.6 is 0 Å². The van der Waals surface area contributed by atoms with Gasteiger partial charge in [0.2, 0.25) is 5.69 Å². The molecule has 2 aromatic heterocycles. The van der Waals surface area contributed by atoms with Crippen molar-refractivity contribution in [2.75, 3.05) is 6.61 Å². The van der Waals surface area contributed by atoms with Crippen LogP contribution in [0.15, 0.2) is 12.4 Å². The van der Waals surface area contributed by atoms with E-state index in [9.17, 15) is 25.0 Å². The van der Waals surface area contributed by atoms with E-state index in [-0.39, 0.29) is 36.0 Å². The van der Waals surface area contributed by atoms with Crippen molar-refractivity contribution in [2.45, 2.75) is 13.5 Å². The zero-order valence-corrected chi connectivity index (χ0v) is 13.6. The molecule has 0 atom stereocenters. The van der Waals surface area contributed by atoms with Gasteiger partial charge in [0.1, 0.15) is 18.1 Å². The summed E-state index contributed by atoms with van der Waals surface area (Å²) < 4.78 is 7.05. The monoisotopic (exact) mass is 356 g/mol. The number of aryl methyl sites for hydroxylation is 2. The maximum Gasteiger partial charge on any atom is 0.363 e. The number of carbonyl (C=O) groups is 1. The van der Waals surface area contributed by atoms with E-state index >= 15 is 0 Å². The summed E-state index contributed by atoms with van der Waals surface area (Å²) in [5, 5.41) is 36.6. The van der Waals surface area contributed by atoms with Gasteiger partial charge in [0, 0.05) is 14.1 Å². The molecule has 0 amide bonds. The molecule has 25 heavy (non-hydrogen) atoms. The van der Waals surface area contributed by atoms with E-state index in [0.717, 1.165) is 17.1 Å². The molecule has 13 nitrogen and oxygen atoms in total. The third kappa shape index (κ3) is 4.57. The van der Waals surface area contributed by atoms with Gasteiger partial charge in [0.15, 0.2) is 0 Å². The molecule has 0 radical (unpaired) electrons. The molecule has 0 fully saturated rings. The molecule has 0 bridgehead atoms. The second-order valence-corrected chi connectivity index (χ2v) is 4.49. The van der Waals surface area contributed by atoms with Gasteiger partial charge in [0.25, 0.3) is 0 Å². The zero-order chi connectivity index (χ0) is 19.1. The Hall–Kier alpha value is -3.35. The molecule has 0 saturated carbocycles. The molecular formula is C12H16N6O7. The van der Waals surface area contributed by atoms with Crippen molar-refractivity contribution in [3.63, 3.8) is 0 Å². The van der Waals surface area contributed by atoms with Gasteiger partial charge in [-0.2, -0.15) is 10.2 Å². The van der Waals surface area contributed by atoms with Crippen LogP contribution in [0.3, 0.4) is 0 Å². The third-order valence-electron chi connectivity index (χ3n) is 2.97. The third-order valence-corrected chi connectivity index (χ3v) is 2.97. The zero-order valence-electron chi connectivity index (χ0n) is 13.6. The van der Waals surface area contributed by atoms with E-state index in [1.54, 1.807) is 14.0 Å². The summed E-state index contributed by atoms with van der Waals surface area (Å²) in [5.41, 5.74) is -0.409. The van der Waals surface area contributed by atoms with Gasteiger partial charge in [-0.1, -0.05) is 0 Å². The Morgan fingerprint density at radius 1 is 1.16 bits per heavy atom. The first-order valence-electron chi connectivity index (χ1n) is 6.84. The first-order valence-corrected chi connectivity index (χ1v) is 6.84. The fourth-order valence-electron chi connectivity index (χ4n) is 1.78. The number of aliphatic hydroxyl groups excluding tert-OH is 1. The van der Waals surface area contributed by atoms with E-state index in [0.29, 0.717) is 0 Å². The average Bonchev–Trinajstić information content (AvgIpc) is 3.10. The highest BCUT2D eigenvalue weighted by molar-refractivity contribution is 5.91. The molecule has 1 N–H and O–H groups in total. The topological polar surface area (TPSA) is 168 Å². The lowest BCUT2D eigenvalue weighted by atomic mass is 10.4. The molecule has 0 aliphatic carbocycles. The van der Waals surface area contributed by atoms with Crippen LogP contribution in [0.25, 0.3) is 0 Å². The van der Waals surface area contributed by atoms with E-state index in [4.69, 9.17) is 5.11 Å². The summed E-state index contributed by atoms with van der Waals surface area (Å²) >= 11 is 0. The number of hydrogen-bond acceptors (Lipinski definition) is 9. The Kier molecular flexibility index (Phi) is 6.69. The molecular weight excluding hydrogens is 340 g/mol. The van der Waals surface area contributed by atoms with Crippen molar-refractivity contribution in [1.82, 2.24) is 19.6 Å². The predicted molar refractivity (Wildman–Crippen MR) is 81.6 cm³/mol. The second-order valence-electron chi connectivity index (χ2n) is 4.49. The Bertz CT molecular complexity index is 781. The Morgan fingerprint density at radius 2 is 1.68 bits per heavy atom. The summed E-state index contributed by atoms with van der Waals surface area (Å²) in [6, 6.07) is 0. The van der Waals surface area contributed by atoms with Gasteiger partial charge in [-0.05, 0) is 6.92 Å². The van der Waals surface area contributed by atoms with Gasteiger partial charge in [-0.3, -0.25) is 29.6 Å². The van der Waals surface area contributed by atoms with Crippen LogP contribution in [0, 0.1) is 20.2 Å². The highest BCUT2D eigenvalue weighted by atomic mass is 16.6. The smallest absolute Gasteiger partial charge is 0.363 e. The quantitative estimate of drug-likeness (QED) is 0.450. The maximum atomic E-state index is 11.3. The molecule has 0 aliphatic heterocycles. The minimum absolute atomic E-state index is 0.142. The van der Waals surface area contributed by atoms with Crippen molar-refractivity contribution in [3.8, 4) is 0 Å². The second kappa shape index (κ2) is 8.49. The molecule has 0 saturated heterocycles. The Balaban J connectivity index is 0.000000257. The predicted octanol–water partition coefficient (Wildman–Crippen LogP) is 0.326. The van der Waals surface area contributed by atoms with E-state index in [2.05, 4.69) is 14.9 Å². The summed E-state index contributed by atoms with van der Waals surface area (Å²) in [6.07, 6.45) is 2.14. The van der Waals surface area contributed by atoms with Crippen LogP contribution in [0.5, 0.6) is 0 Å². The number of ether oxygens (including phenoxy) is 1.